The molecule has 0 saturated heterocycles. The Morgan fingerprint density at radius 1 is 1.12 bits per heavy atom. The molecule has 1 atom stereocenters. The van der Waals surface area contributed by atoms with Gasteiger partial charge in [-0.1, -0.05) is 18.2 Å². The van der Waals surface area contributed by atoms with E-state index >= 15 is 0 Å². The number of carbonyl (C=O) groups is 2. The zero-order valence-electron chi connectivity index (χ0n) is 14.8. The maximum absolute atomic E-state index is 12.2. The van der Waals surface area contributed by atoms with Gasteiger partial charge in [-0.25, -0.2) is 0 Å². The highest BCUT2D eigenvalue weighted by molar-refractivity contribution is 5.97. The van der Waals surface area contributed by atoms with Crippen molar-refractivity contribution in [1.82, 2.24) is 5.32 Å². The fourth-order valence-corrected chi connectivity index (χ4v) is 2.56. The molecule has 2 aromatic carbocycles. The van der Waals surface area contributed by atoms with Crippen molar-refractivity contribution < 1.29 is 19.2 Å². The van der Waals surface area contributed by atoms with Crippen LogP contribution in [0.4, 0.5) is 5.69 Å². The molecule has 1 unspecified atom stereocenters. The van der Waals surface area contributed by atoms with Crippen molar-refractivity contribution in [1.29, 1.82) is 0 Å². The van der Waals surface area contributed by atoms with E-state index in [0.29, 0.717) is 24.3 Å². The fraction of sp³-hybridized carbons (Fsp3) is 0.263. The number of anilines is 1. The lowest BCUT2D eigenvalue weighted by Crippen LogP contribution is -3.08. The van der Waals surface area contributed by atoms with Crippen LogP contribution in [-0.4, -0.2) is 39.6 Å². The molecule has 0 fully saturated rings. The molecule has 0 saturated carbocycles. The average Bonchev–Trinajstić information content (AvgIpc) is 2.61. The van der Waals surface area contributed by atoms with Crippen LogP contribution in [0.2, 0.25) is 0 Å². The van der Waals surface area contributed by atoms with E-state index in [4.69, 9.17) is 4.74 Å². The van der Waals surface area contributed by atoms with E-state index < -0.39 is 0 Å². The topological polar surface area (TPSA) is 71.9 Å². The quantitative estimate of drug-likeness (QED) is 0.694. The lowest BCUT2D eigenvalue weighted by molar-refractivity contribution is -0.885. The minimum Gasteiger partial charge on any atom is -0.497 e. The van der Waals surface area contributed by atoms with Gasteiger partial charge in [-0.2, -0.15) is 0 Å². The van der Waals surface area contributed by atoms with E-state index in [1.165, 1.54) is 0 Å². The summed E-state index contributed by atoms with van der Waals surface area (Å²) in [6.45, 7) is 1.03. The summed E-state index contributed by atoms with van der Waals surface area (Å²) in [4.78, 5) is 24.9. The Balaban J connectivity index is 1.92. The van der Waals surface area contributed by atoms with E-state index in [-0.39, 0.29) is 11.8 Å². The van der Waals surface area contributed by atoms with E-state index in [2.05, 4.69) is 10.6 Å². The van der Waals surface area contributed by atoms with Crippen LogP contribution in [0.1, 0.15) is 15.9 Å². The summed E-state index contributed by atoms with van der Waals surface area (Å²) in [5.41, 5.74) is 2.23. The highest BCUT2D eigenvalue weighted by atomic mass is 16.5. The molecule has 3 N–H and O–H groups in total. The average molecular weight is 342 g/mol. The fourth-order valence-electron chi connectivity index (χ4n) is 2.56. The van der Waals surface area contributed by atoms with E-state index in [1.54, 1.807) is 38.4 Å². The van der Waals surface area contributed by atoms with Crippen LogP contribution in [0.3, 0.4) is 0 Å². The summed E-state index contributed by atoms with van der Waals surface area (Å²) in [6, 6.07) is 14.7. The lowest BCUT2D eigenvalue weighted by atomic mass is 10.2. The number of quaternary nitrogens is 1. The molecule has 25 heavy (non-hydrogen) atoms. The van der Waals surface area contributed by atoms with Gasteiger partial charge in [0, 0.05) is 23.9 Å². The van der Waals surface area contributed by atoms with Gasteiger partial charge in [-0.3, -0.25) is 9.59 Å². The SMILES string of the molecule is CNC(=O)c1cccc(NC(=O)C[NH+](C)Cc2cccc(OC)c2)c1. The maximum atomic E-state index is 12.2. The molecule has 0 radical (unpaired) electrons. The number of likely N-dealkylation sites (N-methyl/N-ethyl adjacent to an activating group) is 1. The monoisotopic (exact) mass is 342 g/mol. The number of methoxy groups -OCH3 is 1. The van der Waals surface area contributed by atoms with Crippen LogP contribution in [-0.2, 0) is 11.3 Å². The number of benzene rings is 2. The van der Waals surface area contributed by atoms with Crippen molar-refractivity contribution in [2.24, 2.45) is 0 Å². The predicted octanol–water partition coefficient (Wildman–Crippen LogP) is 0.708. The van der Waals surface area contributed by atoms with E-state index in [0.717, 1.165) is 16.2 Å². The Morgan fingerprint density at radius 3 is 2.60 bits per heavy atom. The number of hydrogen-bond donors (Lipinski definition) is 3. The first kappa shape index (κ1) is 18.5. The molecular weight excluding hydrogens is 318 g/mol. The third-order valence-electron chi connectivity index (χ3n) is 3.74. The first-order valence-corrected chi connectivity index (χ1v) is 8.08. The summed E-state index contributed by atoms with van der Waals surface area (Å²) < 4.78 is 5.22. The number of amides is 2. The predicted molar refractivity (Wildman–Crippen MR) is 96.9 cm³/mol. The minimum absolute atomic E-state index is 0.102. The Kier molecular flexibility index (Phi) is 6.54. The van der Waals surface area contributed by atoms with Gasteiger partial charge in [-0.15, -0.1) is 0 Å². The zero-order valence-corrected chi connectivity index (χ0v) is 14.8. The number of carbonyl (C=O) groups excluding carboxylic acids is 2. The Bertz CT molecular complexity index is 746. The van der Waals surface area contributed by atoms with Crippen molar-refractivity contribution in [2.75, 3.05) is 33.1 Å². The molecule has 0 spiro atoms. The molecular formula is C19H24N3O3+. The summed E-state index contributed by atoms with van der Waals surface area (Å²) in [5, 5.41) is 5.40. The van der Waals surface area contributed by atoms with Gasteiger partial charge < -0.3 is 20.3 Å². The van der Waals surface area contributed by atoms with Gasteiger partial charge in [0.15, 0.2) is 6.54 Å². The number of nitrogens with one attached hydrogen (secondary N) is 3. The van der Waals surface area contributed by atoms with Gasteiger partial charge in [0.2, 0.25) is 0 Å². The van der Waals surface area contributed by atoms with Crippen molar-refractivity contribution in [2.45, 2.75) is 6.54 Å². The van der Waals surface area contributed by atoms with Crippen LogP contribution >= 0.6 is 0 Å². The molecule has 6 heteroatoms. The molecule has 0 aliphatic heterocycles. The van der Waals surface area contributed by atoms with Crippen molar-refractivity contribution in [3.05, 3.63) is 59.7 Å². The van der Waals surface area contributed by atoms with Gasteiger partial charge in [-0.05, 0) is 30.3 Å². The van der Waals surface area contributed by atoms with Crippen LogP contribution in [0, 0.1) is 0 Å². The summed E-state index contributed by atoms with van der Waals surface area (Å²) in [6.07, 6.45) is 0. The minimum atomic E-state index is -0.183. The van der Waals surface area contributed by atoms with Gasteiger partial charge in [0.1, 0.15) is 12.3 Å². The lowest BCUT2D eigenvalue weighted by Gasteiger charge is -2.14. The van der Waals surface area contributed by atoms with Crippen LogP contribution in [0.5, 0.6) is 5.75 Å². The molecule has 2 aromatic rings. The molecule has 132 valence electrons. The number of ether oxygens (including phenoxy) is 1. The molecule has 6 nitrogen and oxygen atoms in total. The number of hydrogen-bond acceptors (Lipinski definition) is 3. The van der Waals surface area contributed by atoms with Gasteiger partial charge >= 0.3 is 0 Å². The van der Waals surface area contributed by atoms with Crippen LogP contribution in [0.15, 0.2) is 48.5 Å². The second-order valence-electron chi connectivity index (χ2n) is 5.87. The molecule has 0 aromatic heterocycles. The third kappa shape index (κ3) is 5.61. The largest absolute Gasteiger partial charge is 0.497 e. The first-order chi connectivity index (χ1) is 12.0. The Hall–Kier alpha value is -2.86. The standard InChI is InChI=1S/C19H23N3O3/c1-20-19(24)15-7-5-8-16(11-15)21-18(23)13-22(2)12-14-6-4-9-17(10-14)25-3/h4-11H,12-13H2,1-3H3,(H,20,24)(H,21,23)/p+1. The van der Waals surface area contributed by atoms with E-state index in [1.807, 2.05) is 31.3 Å². The van der Waals surface area contributed by atoms with Crippen molar-refractivity contribution in [3.8, 4) is 5.75 Å². The van der Waals surface area contributed by atoms with Gasteiger partial charge in [0.05, 0.1) is 14.2 Å². The second kappa shape index (κ2) is 8.84. The summed E-state index contributed by atoms with van der Waals surface area (Å²) >= 11 is 0. The molecule has 2 amide bonds. The number of rotatable bonds is 7. The Morgan fingerprint density at radius 2 is 1.88 bits per heavy atom. The Labute approximate surface area is 147 Å². The van der Waals surface area contributed by atoms with Crippen LogP contribution < -0.4 is 20.3 Å². The van der Waals surface area contributed by atoms with Gasteiger partial charge in [0.25, 0.3) is 11.8 Å². The molecule has 0 bridgehead atoms. The second-order valence-corrected chi connectivity index (χ2v) is 5.87. The van der Waals surface area contributed by atoms with E-state index in [9.17, 15) is 9.59 Å². The zero-order chi connectivity index (χ0) is 18.2. The molecule has 0 aliphatic carbocycles. The van der Waals surface area contributed by atoms with Crippen molar-refractivity contribution in [3.63, 3.8) is 0 Å². The first-order valence-electron chi connectivity index (χ1n) is 8.08. The summed E-state index contributed by atoms with van der Waals surface area (Å²) in [5.74, 6) is 0.520. The molecule has 2 rings (SSSR count). The highest BCUT2D eigenvalue weighted by Crippen LogP contribution is 2.12. The molecule has 0 aliphatic rings. The highest BCUT2D eigenvalue weighted by Gasteiger charge is 2.12. The van der Waals surface area contributed by atoms with Crippen LogP contribution in [0.25, 0.3) is 0 Å². The normalized spacial score (nSPS) is 11.5. The maximum Gasteiger partial charge on any atom is 0.279 e. The molecule has 0 heterocycles. The van der Waals surface area contributed by atoms with Crippen molar-refractivity contribution >= 4 is 17.5 Å². The smallest absolute Gasteiger partial charge is 0.279 e. The summed E-state index contributed by atoms with van der Waals surface area (Å²) in [7, 11) is 5.17. The third-order valence-corrected chi connectivity index (χ3v) is 3.74.